The third kappa shape index (κ3) is 3.84. The van der Waals surface area contributed by atoms with Crippen molar-refractivity contribution in [1.29, 1.82) is 0 Å². The van der Waals surface area contributed by atoms with E-state index in [-0.39, 0.29) is 16.9 Å². The van der Waals surface area contributed by atoms with E-state index in [1.165, 1.54) is 6.20 Å². The molecule has 4 rings (SSSR count). The van der Waals surface area contributed by atoms with Crippen molar-refractivity contribution in [1.82, 2.24) is 15.3 Å². The molecule has 0 atom stereocenters. The van der Waals surface area contributed by atoms with Crippen LogP contribution in [-0.2, 0) is 17.8 Å². The number of fused-ring (bicyclic) bond motifs is 1. The number of hydrazine groups is 1. The van der Waals surface area contributed by atoms with Gasteiger partial charge in [0.1, 0.15) is 17.3 Å². The summed E-state index contributed by atoms with van der Waals surface area (Å²) in [4.78, 5) is 39.0. The number of anilines is 1. The van der Waals surface area contributed by atoms with Gasteiger partial charge in [0.15, 0.2) is 0 Å². The molecule has 2 aliphatic rings. The fourth-order valence-electron chi connectivity index (χ4n) is 4.41. The second kappa shape index (κ2) is 8.32. The molecule has 7 N–H and O–H groups in total. The van der Waals surface area contributed by atoms with Gasteiger partial charge < -0.3 is 26.4 Å². The summed E-state index contributed by atoms with van der Waals surface area (Å²) in [5, 5.41) is 5.13. The van der Waals surface area contributed by atoms with Crippen molar-refractivity contribution in [2.75, 3.05) is 5.32 Å². The largest absolute Gasteiger partial charge is 0.403 e. The van der Waals surface area contributed by atoms with Crippen molar-refractivity contribution >= 4 is 23.3 Å². The Bertz CT molecular complexity index is 1200. The normalized spacial score (nSPS) is 16.2. The zero-order valence-corrected chi connectivity index (χ0v) is 17.9. The monoisotopic (exact) mass is 458 g/mol. The van der Waals surface area contributed by atoms with Crippen molar-refractivity contribution in [3.8, 4) is 0 Å². The zero-order valence-electron chi connectivity index (χ0n) is 17.9. The molecule has 1 saturated carbocycles. The number of amides is 2. The molecule has 11 heteroatoms. The van der Waals surface area contributed by atoms with Crippen LogP contribution in [0.15, 0.2) is 30.1 Å². The summed E-state index contributed by atoms with van der Waals surface area (Å²) < 4.78 is 28.9. The van der Waals surface area contributed by atoms with Crippen LogP contribution >= 0.6 is 0 Å². The zero-order chi connectivity index (χ0) is 23.9. The molecule has 174 valence electrons. The molecule has 2 heterocycles. The number of nitrogens with one attached hydrogen (secondary N) is 3. The second-order valence-corrected chi connectivity index (χ2v) is 8.22. The van der Waals surface area contributed by atoms with Crippen LogP contribution in [0.4, 0.5) is 14.5 Å². The number of hydrogen-bond acceptors (Lipinski definition) is 6. The number of halogens is 2. The number of ketones is 1. The van der Waals surface area contributed by atoms with Crippen molar-refractivity contribution in [3.63, 3.8) is 0 Å². The molecule has 33 heavy (non-hydrogen) atoms. The Balaban J connectivity index is 1.63. The summed E-state index contributed by atoms with van der Waals surface area (Å²) in [6, 6.07) is 2.81. The van der Waals surface area contributed by atoms with Gasteiger partial charge >= 0.3 is 0 Å². The number of Topliss-reactive ketones (excluding diaryl/α,β-unsaturated/α-hetero) is 1. The number of hydrogen-bond donors (Lipinski definition) is 5. The Kier molecular flexibility index (Phi) is 5.66. The molecule has 1 aromatic carbocycles. The molecule has 0 unspecified atom stereocenters. The standard InChI is InChI=1S/C22H24F2N6O3/c1-11-17(19(31)21(33)28-22(6-7-22)16(10-25)29-26)15-3-2-8-30(15)18(11)20(32)27-14-5-4-12(23)9-13(14)24/h4-5,9-10,29H,2-3,6-8,25-26H2,1H3,(H,27,32)(H,28,33). The van der Waals surface area contributed by atoms with Gasteiger partial charge in [0.2, 0.25) is 0 Å². The predicted molar refractivity (Wildman–Crippen MR) is 116 cm³/mol. The summed E-state index contributed by atoms with van der Waals surface area (Å²) in [6.07, 6.45) is 3.59. The maximum absolute atomic E-state index is 14.0. The molecule has 2 amide bonds. The Morgan fingerprint density at radius 3 is 2.55 bits per heavy atom. The van der Waals surface area contributed by atoms with Gasteiger partial charge in [-0.25, -0.2) is 8.78 Å². The first-order chi connectivity index (χ1) is 15.7. The Labute approximate surface area is 188 Å². The van der Waals surface area contributed by atoms with E-state index in [0.717, 1.165) is 12.1 Å². The number of aromatic nitrogens is 1. The van der Waals surface area contributed by atoms with Crippen LogP contribution in [0, 0.1) is 18.6 Å². The third-order valence-corrected chi connectivity index (χ3v) is 6.18. The molecule has 0 radical (unpaired) electrons. The molecule has 1 aliphatic heterocycles. The van der Waals surface area contributed by atoms with Crippen LogP contribution in [0.3, 0.4) is 0 Å². The fourth-order valence-corrected chi connectivity index (χ4v) is 4.41. The van der Waals surface area contributed by atoms with Gasteiger partial charge in [0.05, 0.1) is 22.5 Å². The molecule has 9 nitrogen and oxygen atoms in total. The van der Waals surface area contributed by atoms with Crippen molar-refractivity contribution in [2.45, 2.75) is 44.7 Å². The lowest BCUT2D eigenvalue weighted by Gasteiger charge is -2.19. The first-order valence-corrected chi connectivity index (χ1v) is 10.5. The van der Waals surface area contributed by atoms with Crippen LogP contribution in [0.1, 0.15) is 51.4 Å². The van der Waals surface area contributed by atoms with Gasteiger partial charge in [-0.15, -0.1) is 0 Å². The van der Waals surface area contributed by atoms with E-state index >= 15 is 0 Å². The highest BCUT2D eigenvalue weighted by atomic mass is 19.1. The highest BCUT2D eigenvalue weighted by molar-refractivity contribution is 6.44. The highest BCUT2D eigenvalue weighted by Crippen LogP contribution is 2.40. The lowest BCUT2D eigenvalue weighted by Crippen LogP contribution is -2.47. The third-order valence-electron chi connectivity index (χ3n) is 6.18. The first kappa shape index (κ1) is 22.5. The maximum atomic E-state index is 14.0. The van der Waals surface area contributed by atoms with E-state index in [9.17, 15) is 23.2 Å². The molecular weight excluding hydrogens is 434 g/mol. The van der Waals surface area contributed by atoms with Crippen LogP contribution in [-0.4, -0.2) is 27.7 Å². The van der Waals surface area contributed by atoms with E-state index < -0.39 is 34.8 Å². The lowest BCUT2D eigenvalue weighted by molar-refractivity contribution is -0.117. The Morgan fingerprint density at radius 1 is 1.21 bits per heavy atom. The summed E-state index contributed by atoms with van der Waals surface area (Å²) in [7, 11) is 0. The van der Waals surface area contributed by atoms with Crippen LogP contribution in [0.25, 0.3) is 0 Å². The van der Waals surface area contributed by atoms with Crippen molar-refractivity contribution in [3.05, 3.63) is 64.2 Å². The number of carbonyl (C=O) groups is 3. The minimum atomic E-state index is -0.920. The van der Waals surface area contributed by atoms with Crippen LogP contribution < -0.4 is 27.6 Å². The minimum Gasteiger partial charge on any atom is -0.403 e. The SMILES string of the molecule is Cc1c(C(=O)C(=O)NC2(C(=CN)NN)CC2)c2n(c1C(=O)Nc1ccc(F)cc1F)CCC2. The van der Waals surface area contributed by atoms with Gasteiger partial charge in [-0.3, -0.25) is 20.2 Å². The Morgan fingerprint density at radius 2 is 1.94 bits per heavy atom. The highest BCUT2D eigenvalue weighted by Gasteiger charge is 2.49. The summed E-state index contributed by atoms with van der Waals surface area (Å²) in [5.41, 5.74) is 8.62. The quantitative estimate of drug-likeness (QED) is 0.183. The van der Waals surface area contributed by atoms with Crippen molar-refractivity contribution in [2.24, 2.45) is 11.6 Å². The fraction of sp³-hybridized carbons (Fsp3) is 0.318. The molecular formula is C22H24F2N6O3. The van der Waals surface area contributed by atoms with Gasteiger partial charge in [0, 0.05) is 24.5 Å². The average molecular weight is 458 g/mol. The van der Waals surface area contributed by atoms with Crippen molar-refractivity contribution < 1.29 is 23.2 Å². The van der Waals surface area contributed by atoms with E-state index in [2.05, 4.69) is 16.1 Å². The van der Waals surface area contributed by atoms with Gasteiger partial charge in [-0.05, 0) is 50.3 Å². The van der Waals surface area contributed by atoms with Crippen LogP contribution in [0.5, 0.6) is 0 Å². The molecule has 1 aromatic heterocycles. The van der Waals surface area contributed by atoms with E-state index in [0.29, 0.717) is 55.2 Å². The van der Waals surface area contributed by atoms with E-state index in [4.69, 9.17) is 11.6 Å². The summed E-state index contributed by atoms with van der Waals surface area (Å²) in [6.45, 7) is 2.04. The number of benzene rings is 1. The number of nitrogens with two attached hydrogens (primary N) is 2. The van der Waals surface area contributed by atoms with Crippen LogP contribution in [0.2, 0.25) is 0 Å². The lowest BCUT2D eigenvalue weighted by atomic mass is 10.0. The summed E-state index contributed by atoms with van der Waals surface area (Å²) >= 11 is 0. The average Bonchev–Trinajstić information content (AvgIpc) is 3.28. The number of carbonyl (C=O) groups excluding carboxylic acids is 3. The molecule has 1 aliphatic carbocycles. The molecule has 0 saturated heterocycles. The minimum absolute atomic E-state index is 0.157. The summed E-state index contributed by atoms with van der Waals surface area (Å²) in [5.74, 6) is 1.51. The smallest absolute Gasteiger partial charge is 0.293 e. The second-order valence-electron chi connectivity index (χ2n) is 8.22. The molecule has 0 bridgehead atoms. The molecule has 1 fully saturated rings. The van der Waals surface area contributed by atoms with Gasteiger partial charge in [0.25, 0.3) is 17.6 Å². The predicted octanol–water partition coefficient (Wildman–Crippen LogP) is 1.37. The maximum Gasteiger partial charge on any atom is 0.293 e. The molecule has 0 spiro atoms. The number of rotatable bonds is 7. The van der Waals surface area contributed by atoms with Gasteiger partial charge in [-0.2, -0.15) is 0 Å². The Hall–Kier alpha value is -3.73. The van der Waals surface area contributed by atoms with E-state index in [1.807, 2.05) is 0 Å². The van der Waals surface area contributed by atoms with Gasteiger partial charge in [-0.1, -0.05) is 0 Å². The number of nitrogens with zero attached hydrogens (tertiary/aromatic N) is 1. The first-order valence-electron chi connectivity index (χ1n) is 10.5. The molecule has 2 aromatic rings. The van der Waals surface area contributed by atoms with E-state index in [1.54, 1.807) is 11.5 Å². The topological polar surface area (TPSA) is 144 Å².